The third-order valence-corrected chi connectivity index (χ3v) is 2.87. The molecule has 0 aromatic carbocycles. The fraction of sp³-hybridized carbons (Fsp3) is 0.444. The molecule has 12 heavy (non-hydrogen) atoms. The summed E-state index contributed by atoms with van der Waals surface area (Å²) in [6.45, 7) is 6.20. The van der Waals surface area contributed by atoms with Crippen LogP contribution in [0.25, 0.3) is 0 Å². The Balaban J connectivity index is 3.17. The molecule has 0 bridgehead atoms. The lowest BCUT2D eigenvalue weighted by Gasteiger charge is -2.17. The second-order valence-corrected chi connectivity index (χ2v) is 4.95. The first-order chi connectivity index (χ1) is 5.43. The molecule has 0 aliphatic carbocycles. The number of rotatable bonds is 1. The molecule has 66 valence electrons. The summed E-state index contributed by atoms with van der Waals surface area (Å²) in [5, 5.41) is 1.55. The molecule has 0 saturated heterocycles. The first-order valence-corrected chi connectivity index (χ1v) is 4.96. The quantitative estimate of drug-likeness (QED) is 0.638. The Labute approximate surface area is 81.4 Å². The molecule has 1 rings (SSSR count). The van der Waals surface area contributed by atoms with Crippen molar-refractivity contribution in [1.82, 2.24) is 0 Å². The minimum atomic E-state index is -0.352. The van der Waals surface area contributed by atoms with Gasteiger partial charge in [0.2, 0.25) is 0 Å². The number of hydrogen-bond acceptors (Lipinski definition) is 2. The van der Waals surface area contributed by atoms with Gasteiger partial charge in [-0.3, -0.25) is 4.79 Å². The van der Waals surface area contributed by atoms with Crippen LogP contribution >= 0.6 is 22.9 Å². The van der Waals surface area contributed by atoms with Gasteiger partial charge in [0.15, 0.2) is 0 Å². The van der Waals surface area contributed by atoms with Gasteiger partial charge in [0, 0.05) is 0 Å². The van der Waals surface area contributed by atoms with E-state index in [1.165, 1.54) is 11.3 Å². The second-order valence-electron chi connectivity index (χ2n) is 3.69. The van der Waals surface area contributed by atoms with Crippen molar-refractivity contribution in [1.29, 1.82) is 0 Å². The SMILES string of the molecule is CC(C)(C)c1ccsc1C(=O)Cl. The van der Waals surface area contributed by atoms with Crippen LogP contribution in [0.4, 0.5) is 0 Å². The maximum absolute atomic E-state index is 10.9. The van der Waals surface area contributed by atoms with Gasteiger partial charge in [-0.2, -0.15) is 0 Å². The largest absolute Gasteiger partial charge is 0.275 e. The predicted octanol–water partition coefficient (Wildman–Crippen LogP) is 3.42. The van der Waals surface area contributed by atoms with Gasteiger partial charge in [-0.05, 0) is 34.0 Å². The van der Waals surface area contributed by atoms with Crippen LogP contribution in [0.2, 0.25) is 0 Å². The summed E-state index contributed by atoms with van der Waals surface area (Å²) in [6, 6.07) is 1.96. The number of carbonyl (C=O) groups excluding carboxylic acids is 1. The van der Waals surface area contributed by atoms with E-state index in [-0.39, 0.29) is 10.7 Å². The van der Waals surface area contributed by atoms with Crippen LogP contribution in [0.5, 0.6) is 0 Å². The highest BCUT2D eigenvalue weighted by Gasteiger charge is 2.21. The molecular formula is C9H11ClOS. The number of hydrogen-bond donors (Lipinski definition) is 0. The average molecular weight is 203 g/mol. The van der Waals surface area contributed by atoms with Crippen molar-refractivity contribution in [3.63, 3.8) is 0 Å². The van der Waals surface area contributed by atoms with Gasteiger partial charge in [-0.1, -0.05) is 20.8 Å². The highest BCUT2D eigenvalue weighted by molar-refractivity contribution is 7.14. The summed E-state index contributed by atoms with van der Waals surface area (Å²) in [5.74, 6) is 0. The van der Waals surface area contributed by atoms with Crippen LogP contribution in [0.3, 0.4) is 0 Å². The molecule has 0 radical (unpaired) electrons. The Hall–Kier alpha value is -0.340. The molecule has 0 saturated carbocycles. The molecule has 1 aromatic heterocycles. The zero-order valence-corrected chi connectivity index (χ0v) is 8.92. The van der Waals surface area contributed by atoms with Gasteiger partial charge in [-0.15, -0.1) is 11.3 Å². The van der Waals surface area contributed by atoms with E-state index in [0.717, 1.165) is 5.56 Å². The molecule has 3 heteroatoms. The van der Waals surface area contributed by atoms with Crippen molar-refractivity contribution in [2.75, 3.05) is 0 Å². The second kappa shape index (κ2) is 3.19. The minimum Gasteiger partial charge on any atom is -0.275 e. The smallest absolute Gasteiger partial charge is 0.262 e. The molecule has 0 unspecified atom stereocenters. The van der Waals surface area contributed by atoms with E-state index in [9.17, 15) is 4.79 Å². The van der Waals surface area contributed by atoms with Gasteiger partial charge in [0.05, 0.1) is 4.88 Å². The summed E-state index contributed by atoms with van der Waals surface area (Å²) in [5.41, 5.74) is 1.03. The lowest BCUT2D eigenvalue weighted by atomic mass is 9.88. The Kier molecular flexibility index (Phi) is 2.59. The third-order valence-electron chi connectivity index (χ3n) is 1.65. The Bertz CT molecular complexity index is 296. The molecule has 1 aromatic rings. The lowest BCUT2D eigenvalue weighted by molar-refractivity contribution is 0.108. The Morgan fingerprint density at radius 3 is 2.42 bits per heavy atom. The van der Waals surface area contributed by atoms with Gasteiger partial charge in [0.25, 0.3) is 5.24 Å². The van der Waals surface area contributed by atoms with Crippen molar-refractivity contribution in [2.45, 2.75) is 26.2 Å². The molecule has 0 fully saturated rings. The highest BCUT2D eigenvalue weighted by Crippen LogP contribution is 2.30. The van der Waals surface area contributed by atoms with E-state index in [0.29, 0.717) is 4.88 Å². The maximum atomic E-state index is 10.9. The van der Waals surface area contributed by atoms with Gasteiger partial charge in [0.1, 0.15) is 0 Å². The van der Waals surface area contributed by atoms with Crippen LogP contribution in [-0.2, 0) is 5.41 Å². The van der Waals surface area contributed by atoms with Crippen LogP contribution in [-0.4, -0.2) is 5.24 Å². The minimum absolute atomic E-state index is 0.000116. The maximum Gasteiger partial charge on any atom is 0.262 e. The topological polar surface area (TPSA) is 17.1 Å². The van der Waals surface area contributed by atoms with E-state index in [4.69, 9.17) is 11.6 Å². The summed E-state index contributed by atoms with van der Waals surface area (Å²) in [7, 11) is 0. The van der Waals surface area contributed by atoms with E-state index in [2.05, 4.69) is 20.8 Å². The molecule has 0 amide bonds. The summed E-state index contributed by atoms with van der Waals surface area (Å²) in [4.78, 5) is 11.6. The summed E-state index contributed by atoms with van der Waals surface area (Å²) >= 11 is 6.83. The molecule has 0 aliphatic rings. The highest BCUT2D eigenvalue weighted by atomic mass is 35.5. The average Bonchev–Trinajstić information content (AvgIpc) is 2.30. The monoisotopic (exact) mass is 202 g/mol. The van der Waals surface area contributed by atoms with Crippen LogP contribution < -0.4 is 0 Å². The summed E-state index contributed by atoms with van der Waals surface area (Å²) < 4.78 is 0. The van der Waals surface area contributed by atoms with Crippen LogP contribution in [0.15, 0.2) is 11.4 Å². The lowest BCUT2D eigenvalue weighted by Crippen LogP contribution is -2.12. The van der Waals surface area contributed by atoms with Crippen molar-refractivity contribution < 1.29 is 4.79 Å². The Morgan fingerprint density at radius 1 is 1.50 bits per heavy atom. The fourth-order valence-corrected chi connectivity index (χ4v) is 2.22. The van der Waals surface area contributed by atoms with E-state index < -0.39 is 0 Å². The van der Waals surface area contributed by atoms with Crippen LogP contribution in [0, 0.1) is 0 Å². The normalized spacial score (nSPS) is 11.7. The van der Waals surface area contributed by atoms with Crippen molar-refractivity contribution in [3.05, 3.63) is 21.9 Å². The molecule has 0 spiro atoms. The zero-order valence-electron chi connectivity index (χ0n) is 7.35. The Morgan fingerprint density at radius 2 is 2.08 bits per heavy atom. The number of thiophene rings is 1. The van der Waals surface area contributed by atoms with E-state index in [1.54, 1.807) is 0 Å². The fourth-order valence-electron chi connectivity index (χ4n) is 1.05. The molecule has 1 heterocycles. The van der Waals surface area contributed by atoms with Crippen molar-refractivity contribution >= 4 is 28.2 Å². The molecule has 1 nitrogen and oxygen atoms in total. The molecule has 0 aliphatic heterocycles. The van der Waals surface area contributed by atoms with Crippen LogP contribution in [0.1, 0.15) is 36.0 Å². The van der Waals surface area contributed by atoms with Crippen molar-refractivity contribution in [2.24, 2.45) is 0 Å². The third kappa shape index (κ3) is 1.87. The predicted molar refractivity (Wildman–Crippen MR) is 53.2 cm³/mol. The van der Waals surface area contributed by atoms with Gasteiger partial charge in [-0.25, -0.2) is 0 Å². The van der Waals surface area contributed by atoms with Gasteiger partial charge >= 0.3 is 0 Å². The standard InChI is InChI=1S/C9H11ClOS/c1-9(2,3)6-4-5-12-7(6)8(10)11/h4-5H,1-3H3. The van der Waals surface area contributed by atoms with Crippen molar-refractivity contribution in [3.8, 4) is 0 Å². The zero-order chi connectivity index (χ0) is 9.35. The van der Waals surface area contributed by atoms with Gasteiger partial charge < -0.3 is 0 Å². The molecule has 0 atom stereocenters. The van der Waals surface area contributed by atoms with E-state index in [1.807, 2.05) is 11.4 Å². The first kappa shape index (κ1) is 9.75. The number of carbonyl (C=O) groups is 1. The van der Waals surface area contributed by atoms with E-state index >= 15 is 0 Å². The summed E-state index contributed by atoms with van der Waals surface area (Å²) in [6.07, 6.45) is 0. The number of halogens is 1. The first-order valence-electron chi connectivity index (χ1n) is 3.70. The molecular weight excluding hydrogens is 192 g/mol. The molecule has 0 N–H and O–H groups in total.